The Bertz CT molecular complexity index is 1260. The van der Waals surface area contributed by atoms with Crippen LogP contribution >= 0.6 is 0 Å². The van der Waals surface area contributed by atoms with Crippen LogP contribution in [0.5, 0.6) is 6.01 Å². The molecule has 1 saturated heterocycles. The van der Waals surface area contributed by atoms with Crippen LogP contribution in [0, 0.1) is 0 Å². The molecule has 0 radical (unpaired) electrons. The number of fused-ring (bicyclic) bond motifs is 1. The third-order valence-electron chi connectivity index (χ3n) is 5.39. The molecule has 9 heteroatoms. The average molecular weight is 456 g/mol. The zero-order chi connectivity index (χ0) is 23.0. The van der Waals surface area contributed by atoms with Crippen LogP contribution < -0.4 is 9.64 Å². The van der Waals surface area contributed by atoms with Crippen molar-refractivity contribution in [2.45, 2.75) is 13.0 Å². The summed E-state index contributed by atoms with van der Waals surface area (Å²) in [5.74, 6) is 1.08. The van der Waals surface area contributed by atoms with Crippen LogP contribution in [0.3, 0.4) is 0 Å². The zero-order valence-corrected chi connectivity index (χ0v) is 18.7. The first-order valence-electron chi connectivity index (χ1n) is 11.3. The summed E-state index contributed by atoms with van der Waals surface area (Å²) in [6.07, 6.45) is 2.43. The van der Waals surface area contributed by atoms with Crippen LogP contribution in [-0.2, 0) is 17.7 Å². The second-order valence-corrected chi connectivity index (χ2v) is 7.78. The van der Waals surface area contributed by atoms with Gasteiger partial charge in [0, 0.05) is 31.4 Å². The third-order valence-corrected chi connectivity index (χ3v) is 5.39. The van der Waals surface area contributed by atoms with Crippen molar-refractivity contribution in [1.29, 1.82) is 0 Å². The standard InChI is InChI=1S/C25H25N7O2/c1-2-6-20-17-22(9-8-19(20)5-1)31-27-18-23-28-24(32-12-15-33-16-13-32)30-25(29-23)34-14-10-21-7-3-4-11-26-21/h1-9,11,17H,10,12-16,18H2. The van der Waals surface area contributed by atoms with Gasteiger partial charge in [-0.15, -0.1) is 0 Å². The Kier molecular flexibility index (Phi) is 6.91. The minimum absolute atomic E-state index is 0.225. The van der Waals surface area contributed by atoms with Crippen LogP contribution in [-0.4, -0.2) is 52.8 Å². The molecule has 1 aliphatic rings. The first-order chi connectivity index (χ1) is 16.8. The average Bonchev–Trinajstić information content (AvgIpc) is 2.90. The van der Waals surface area contributed by atoms with E-state index in [0.29, 0.717) is 38.0 Å². The molecule has 0 N–H and O–H groups in total. The Hall–Kier alpha value is -3.98. The highest BCUT2D eigenvalue weighted by Gasteiger charge is 2.17. The lowest BCUT2D eigenvalue weighted by molar-refractivity contribution is 0.122. The van der Waals surface area contributed by atoms with Gasteiger partial charge in [0.05, 0.1) is 25.5 Å². The number of aromatic nitrogens is 4. The van der Waals surface area contributed by atoms with E-state index in [2.05, 4.69) is 47.2 Å². The number of benzene rings is 2. The predicted octanol–water partition coefficient (Wildman–Crippen LogP) is 4.16. The SMILES string of the molecule is c1ccc(CCOc2nc(CN=Nc3ccc4ccccc4c3)nc(N3CCOCC3)n2)nc1. The maximum Gasteiger partial charge on any atom is 0.321 e. The van der Waals surface area contributed by atoms with Crippen LogP contribution in [0.1, 0.15) is 11.5 Å². The zero-order valence-electron chi connectivity index (χ0n) is 18.7. The lowest BCUT2D eigenvalue weighted by Gasteiger charge is -2.26. The van der Waals surface area contributed by atoms with Gasteiger partial charge in [-0.3, -0.25) is 4.98 Å². The van der Waals surface area contributed by atoms with Gasteiger partial charge in [0.25, 0.3) is 0 Å². The van der Waals surface area contributed by atoms with Gasteiger partial charge in [0.15, 0.2) is 5.82 Å². The topological polar surface area (TPSA) is 98.0 Å². The Morgan fingerprint density at radius 3 is 2.62 bits per heavy atom. The number of azo groups is 1. The number of nitrogens with zero attached hydrogens (tertiary/aromatic N) is 7. The van der Waals surface area contributed by atoms with Crippen molar-refractivity contribution >= 4 is 22.4 Å². The fourth-order valence-electron chi connectivity index (χ4n) is 3.64. The maximum absolute atomic E-state index is 5.86. The molecular weight excluding hydrogens is 430 g/mol. The molecule has 34 heavy (non-hydrogen) atoms. The van der Waals surface area contributed by atoms with Crippen molar-refractivity contribution in [3.63, 3.8) is 0 Å². The van der Waals surface area contributed by atoms with Gasteiger partial charge in [-0.1, -0.05) is 36.4 Å². The summed E-state index contributed by atoms with van der Waals surface area (Å²) in [5, 5.41) is 11.0. The van der Waals surface area contributed by atoms with Crippen molar-refractivity contribution in [3.05, 3.63) is 78.4 Å². The summed E-state index contributed by atoms with van der Waals surface area (Å²) < 4.78 is 11.3. The van der Waals surface area contributed by atoms with E-state index in [-0.39, 0.29) is 12.6 Å². The van der Waals surface area contributed by atoms with Gasteiger partial charge < -0.3 is 14.4 Å². The number of anilines is 1. The van der Waals surface area contributed by atoms with E-state index in [4.69, 9.17) is 9.47 Å². The highest BCUT2D eigenvalue weighted by atomic mass is 16.5. The summed E-state index contributed by atoms with van der Waals surface area (Å²) in [5.41, 5.74) is 1.74. The second kappa shape index (κ2) is 10.8. The molecule has 2 aromatic carbocycles. The molecule has 1 aliphatic heterocycles. The molecule has 0 amide bonds. The van der Waals surface area contributed by atoms with E-state index >= 15 is 0 Å². The minimum Gasteiger partial charge on any atom is -0.463 e. The van der Waals surface area contributed by atoms with Crippen LogP contribution in [0.15, 0.2) is 77.1 Å². The molecule has 3 heterocycles. The molecule has 5 rings (SSSR count). The molecule has 172 valence electrons. The van der Waals surface area contributed by atoms with Gasteiger partial charge in [-0.2, -0.15) is 25.2 Å². The van der Waals surface area contributed by atoms with Crippen LogP contribution in [0.25, 0.3) is 10.8 Å². The number of hydrogen-bond acceptors (Lipinski definition) is 9. The number of pyridine rings is 1. The van der Waals surface area contributed by atoms with Gasteiger partial charge in [-0.25, -0.2) is 0 Å². The Labute approximate surface area is 197 Å². The van der Waals surface area contributed by atoms with Gasteiger partial charge in [-0.05, 0) is 35.0 Å². The summed E-state index contributed by atoms with van der Waals surface area (Å²) in [4.78, 5) is 20.0. The van der Waals surface area contributed by atoms with Gasteiger partial charge in [0.2, 0.25) is 5.95 Å². The largest absolute Gasteiger partial charge is 0.463 e. The van der Waals surface area contributed by atoms with E-state index in [1.54, 1.807) is 6.20 Å². The first-order valence-corrected chi connectivity index (χ1v) is 11.3. The third kappa shape index (κ3) is 5.68. The van der Waals surface area contributed by atoms with Crippen molar-refractivity contribution < 1.29 is 9.47 Å². The first kappa shape index (κ1) is 21.8. The molecule has 0 aliphatic carbocycles. The number of morpholine rings is 1. The number of rotatable bonds is 8. The second-order valence-electron chi connectivity index (χ2n) is 7.78. The highest BCUT2D eigenvalue weighted by Crippen LogP contribution is 2.22. The molecule has 9 nitrogen and oxygen atoms in total. The molecule has 0 atom stereocenters. The smallest absolute Gasteiger partial charge is 0.321 e. The molecule has 0 unspecified atom stereocenters. The van der Waals surface area contributed by atoms with Crippen molar-refractivity contribution in [1.82, 2.24) is 19.9 Å². The van der Waals surface area contributed by atoms with Crippen LogP contribution in [0.2, 0.25) is 0 Å². The van der Waals surface area contributed by atoms with Crippen molar-refractivity contribution in [2.75, 3.05) is 37.8 Å². The van der Waals surface area contributed by atoms with Gasteiger partial charge in [0.1, 0.15) is 6.54 Å². The predicted molar refractivity (Wildman–Crippen MR) is 128 cm³/mol. The number of ether oxygens (including phenoxy) is 2. The Morgan fingerprint density at radius 1 is 0.912 bits per heavy atom. The quantitative estimate of drug-likeness (QED) is 0.368. The Balaban J connectivity index is 1.30. The minimum atomic E-state index is 0.225. The maximum atomic E-state index is 5.86. The monoisotopic (exact) mass is 455 g/mol. The van der Waals surface area contributed by atoms with Crippen molar-refractivity contribution in [2.24, 2.45) is 10.2 Å². The molecule has 2 aromatic heterocycles. The van der Waals surface area contributed by atoms with E-state index in [1.807, 2.05) is 48.5 Å². The normalized spacial score (nSPS) is 14.1. The molecule has 0 saturated carbocycles. The summed E-state index contributed by atoms with van der Waals surface area (Å²) in [7, 11) is 0. The van der Waals surface area contributed by atoms with Crippen LogP contribution in [0.4, 0.5) is 11.6 Å². The molecular formula is C25H25N7O2. The summed E-state index contributed by atoms with van der Waals surface area (Å²) >= 11 is 0. The fraction of sp³-hybridized carbons (Fsp3) is 0.280. The van der Waals surface area contributed by atoms with E-state index in [9.17, 15) is 0 Å². The molecule has 4 aromatic rings. The summed E-state index contributed by atoms with van der Waals surface area (Å²) in [6.45, 7) is 3.35. The lowest BCUT2D eigenvalue weighted by atomic mass is 10.1. The molecule has 1 fully saturated rings. The fourth-order valence-corrected chi connectivity index (χ4v) is 3.64. The number of hydrogen-bond donors (Lipinski definition) is 0. The van der Waals surface area contributed by atoms with Gasteiger partial charge >= 0.3 is 6.01 Å². The lowest BCUT2D eigenvalue weighted by Crippen LogP contribution is -2.37. The van der Waals surface area contributed by atoms with Crippen molar-refractivity contribution in [3.8, 4) is 6.01 Å². The van der Waals surface area contributed by atoms with E-state index in [0.717, 1.165) is 29.9 Å². The van der Waals surface area contributed by atoms with E-state index < -0.39 is 0 Å². The summed E-state index contributed by atoms with van der Waals surface area (Å²) in [6, 6.07) is 20.3. The molecule has 0 spiro atoms. The Morgan fingerprint density at radius 2 is 1.76 bits per heavy atom. The van der Waals surface area contributed by atoms with E-state index in [1.165, 1.54) is 5.39 Å². The molecule has 0 bridgehead atoms. The highest BCUT2D eigenvalue weighted by molar-refractivity contribution is 5.84.